The summed E-state index contributed by atoms with van der Waals surface area (Å²) in [7, 11) is 0. The summed E-state index contributed by atoms with van der Waals surface area (Å²) in [5, 5.41) is 3.06. The van der Waals surface area contributed by atoms with Gasteiger partial charge in [0.1, 0.15) is 0 Å². The molecule has 0 atom stereocenters. The maximum absolute atomic E-state index is 12.6. The molecule has 0 unspecified atom stereocenters. The molecule has 20 heavy (non-hydrogen) atoms. The number of carbonyl (C=O) groups is 1. The molecule has 0 bridgehead atoms. The fraction of sp³-hybridized carbons (Fsp3) is 0.278. The summed E-state index contributed by atoms with van der Waals surface area (Å²) in [6.45, 7) is 5.99. The van der Waals surface area contributed by atoms with Gasteiger partial charge in [-0.05, 0) is 37.5 Å². The summed E-state index contributed by atoms with van der Waals surface area (Å²) in [6, 6.07) is 17.8. The van der Waals surface area contributed by atoms with E-state index >= 15 is 0 Å². The number of carbonyl (C=O) groups excluding carboxylic acids is 1. The molecule has 2 aromatic rings. The first-order valence-corrected chi connectivity index (χ1v) is 7.00. The van der Waals surface area contributed by atoms with Gasteiger partial charge in [-0.25, -0.2) is 0 Å². The van der Waals surface area contributed by atoms with E-state index in [1.54, 1.807) is 0 Å². The van der Waals surface area contributed by atoms with E-state index in [9.17, 15) is 4.79 Å². The number of para-hydroxylation sites is 1. The Morgan fingerprint density at radius 2 is 1.60 bits per heavy atom. The Bertz CT molecular complexity index is 587. The summed E-state index contributed by atoms with van der Waals surface area (Å²) < 4.78 is 0. The number of anilines is 1. The van der Waals surface area contributed by atoms with Crippen molar-refractivity contribution in [3.8, 4) is 0 Å². The number of rotatable bonds is 4. The van der Waals surface area contributed by atoms with Gasteiger partial charge in [0.25, 0.3) is 0 Å². The van der Waals surface area contributed by atoms with E-state index in [0.29, 0.717) is 0 Å². The zero-order chi connectivity index (χ0) is 14.6. The smallest absolute Gasteiger partial charge is 0.234 e. The highest BCUT2D eigenvalue weighted by Crippen LogP contribution is 2.26. The number of hydrogen-bond acceptors (Lipinski definition) is 1. The molecule has 0 saturated carbocycles. The molecular weight excluding hydrogens is 246 g/mol. The van der Waals surface area contributed by atoms with Crippen molar-refractivity contribution in [3.05, 3.63) is 65.7 Å². The predicted molar refractivity (Wildman–Crippen MR) is 83.9 cm³/mol. The minimum Gasteiger partial charge on any atom is -0.325 e. The standard InChI is InChI=1S/C18H21NO/c1-4-14-10-8-9-13-16(14)19-17(20)18(2,3)15-11-6-5-7-12-15/h5-13H,4H2,1-3H3,(H,19,20). The lowest BCUT2D eigenvalue weighted by atomic mass is 9.83. The Hall–Kier alpha value is -2.09. The minimum absolute atomic E-state index is 0.0181. The molecule has 2 rings (SSSR count). The van der Waals surface area contributed by atoms with Crippen LogP contribution in [0.2, 0.25) is 0 Å². The van der Waals surface area contributed by atoms with Crippen LogP contribution >= 0.6 is 0 Å². The number of benzene rings is 2. The number of hydrogen-bond donors (Lipinski definition) is 1. The lowest BCUT2D eigenvalue weighted by Crippen LogP contribution is -2.34. The molecule has 2 aromatic carbocycles. The van der Waals surface area contributed by atoms with Gasteiger partial charge in [-0.2, -0.15) is 0 Å². The Morgan fingerprint density at radius 1 is 1.00 bits per heavy atom. The third-order valence-electron chi connectivity index (χ3n) is 3.71. The molecule has 1 amide bonds. The molecule has 0 aromatic heterocycles. The van der Waals surface area contributed by atoms with Gasteiger partial charge in [-0.15, -0.1) is 0 Å². The van der Waals surface area contributed by atoms with Gasteiger partial charge in [-0.1, -0.05) is 55.5 Å². The lowest BCUT2D eigenvalue weighted by molar-refractivity contribution is -0.120. The molecule has 0 aliphatic heterocycles. The topological polar surface area (TPSA) is 29.1 Å². The number of nitrogens with one attached hydrogen (secondary N) is 1. The zero-order valence-electron chi connectivity index (χ0n) is 12.3. The molecule has 104 valence electrons. The van der Waals surface area contributed by atoms with Crippen LogP contribution in [-0.4, -0.2) is 5.91 Å². The van der Waals surface area contributed by atoms with Crippen LogP contribution in [0.15, 0.2) is 54.6 Å². The fourth-order valence-corrected chi connectivity index (χ4v) is 2.22. The SMILES string of the molecule is CCc1ccccc1NC(=O)C(C)(C)c1ccccc1. The van der Waals surface area contributed by atoms with Gasteiger partial charge in [0.15, 0.2) is 0 Å². The first-order chi connectivity index (χ1) is 9.55. The maximum Gasteiger partial charge on any atom is 0.234 e. The summed E-state index contributed by atoms with van der Waals surface area (Å²) in [6.07, 6.45) is 0.905. The molecule has 0 fully saturated rings. The van der Waals surface area contributed by atoms with Crippen molar-refractivity contribution < 1.29 is 4.79 Å². The molecule has 2 heteroatoms. The van der Waals surface area contributed by atoms with Crippen LogP contribution in [0.3, 0.4) is 0 Å². The normalized spacial score (nSPS) is 11.2. The zero-order valence-corrected chi connectivity index (χ0v) is 12.3. The van der Waals surface area contributed by atoms with Crippen molar-refractivity contribution in [1.29, 1.82) is 0 Å². The highest BCUT2D eigenvalue weighted by Gasteiger charge is 2.29. The summed E-state index contributed by atoms with van der Waals surface area (Å²) in [5.41, 5.74) is 2.53. The second-order valence-corrected chi connectivity index (χ2v) is 5.46. The van der Waals surface area contributed by atoms with Crippen LogP contribution in [0.4, 0.5) is 5.69 Å². The quantitative estimate of drug-likeness (QED) is 0.885. The number of aryl methyl sites for hydroxylation is 1. The van der Waals surface area contributed by atoms with E-state index < -0.39 is 5.41 Å². The average molecular weight is 267 g/mol. The van der Waals surface area contributed by atoms with Crippen LogP contribution < -0.4 is 5.32 Å². The van der Waals surface area contributed by atoms with Crippen LogP contribution in [0, 0.1) is 0 Å². The van der Waals surface area contributed by atoms with Crippen molar-refractivity contribution in [3.63, 3.8) is 0 Å². The molecule has 0 saturated heterocycles. The fourth-order valence-electron chi connectivity index (χ4n) is 2.22. The molecule has 0 radical (unpaired) electrons. The monoisotopic (exact) mass is 267 g/mol. The second kappa shape index (κ2) is 5.91. The number of amides is 1. The van der Waals surface area contributed by atoms with Gasteiger partial charge >= 0.3 is 0 Å². The Morgan fingerprint density at radius 3 is 2.25 bits per heavy atom. The van der Waals surface area contributed by atoms with E-state index in [-0.39, 0.29) is 5.91 Å². The van der Waals surface area contributed by atoms with Crippen LogP contribution in [0.5, 0.6) is 0 Å². The Labute approximate surface area is 120 Å². The molecule has 0 heterocycles. The van der Waals surface area contributed by atoms with Gasteiger partial charge in [0, 0.05) is 5.69 Å². The van der Waals surface area contributed by atoms with Crippen molar-refractivity contribution in [2.75, 3.05) is 5.32 Å². The van der Waals surface area contributed by atoms with Crippen molar-refractivity contribution in [1.82, 2.24) is 0 Å². The molecule has 0 spiro atoms. The van der Waals surface area contributed by atoms with Crippen molar-refractivity contribution in [2.45, 2.75) is 32.6 Å². The summed E-state index contributed by atoms with van der Waals surface area (Å²) in [4.78, 5) is 12.6. The third-order valence-corrected chi connectivity index (χ3v) is 3.71. The van der Waals surface area contributed by atoms with Crippen LogP contribution in [0.25, 0.3) is 0 Å². The van der Waals surface area contributed by atoms with Gasteiger partial charge in [0.05, 0.1) is 5.41 Å². The molecule has 0 aliphatic carbocycles. The van der Waals surface area contributed by atoms with E-state index in [0.717, 1.165) is 23.2 Å². The van der Waals surface area contributed by atoms with Gasteiger partial charge in [-0.3, -0.25) is 4.79 Å². The van der Waals surface area contributed by atoms with E-state index in [4.69, 9.17) is 0 Å². The van der Waals surface area contributed by atoms with Crippen LogP contribution in [-0.2, 0) is 16.6 Å². The molecule has 2 nitrogen and oxygen atoms in total. The largest absolute Gasteiger partial charge is 0.325 e. The molecule has 1 N–H and O–H groups in total. The highest BCUT2D eigenvalue weighted by atomic mass is 16.2. The average Bonchev–Trinajstić information content (AvgIpc) is 2.48. The Balaban J connectivity index is 2.24. The van der Waals surface area contributed by atoms with Gasteiger partial charge in [0.2, 0.25) is 5.91 Å². The van der Waals surface area contributed by atoms with Crippen molar-refractivity contribution >= 4 is 11.6 Å². The lowest BCUT2D eigenvalue weighted by Gasteiger charge is -2.24. The summed E-state index contributed by atoms with van der Waals surface area (Å²) >= 11 is 0. The van der Waals surface area contributed by atoms with Gasteiger partial charge < -0.3 is 5.32 Å². The Kier molecular flexibility index (Phi) is 4.23. The summed E-state index contributed by atoms with van der Waals surface area (Å²) in [5.74, 6) is 0.0181. The van der Waals surface area contributed by atoms with Crippen LogP contribution in [0.1, 0.15) is 31.9 Å². The van der Waals surface area contributed by atoms with Crippen molar-refractivity contribution in [2.24, 2.45) is 0 Å². The third kappa shape index (κ3) is 2.90. The highest BCUT2D eigenvalue weighted by molar-refractivity contribution is 5.99. The first-order valence-electron chi connectivity index (χ1n) is 7.00. The van der Waals surface area contributed by atoms with E-state index in [1.165, 1.54) is 0 Å². The van der Waals surface area contributed by atoms with E-state index in [2.05, 4.69) is 12.2 Å². The molecule has 0 aliphatic rings. The predicted octanol–water partition coefficient (Wildman–Crippen LogP) is 4.17. The van der Waals surface area contributed by atoms with E-state index in [1.807, 2.05) is 68.4 Å². The first kappa shape index (κ1) is 14.3. The second-order valence-electron chi connectivity index (χ2n) is 5.46. The minimum atomic E-state index is -0.553. The molecular formula is C18H21NO. The maximum atomic E-state index is 12.6.